The van der Waals surface area contributed by atoms with E-state index in [-0.39, 0.29) is 29.9 Å². The first-order valence-corrected chi connectivity index (χ1v) is 14.6. The van der Waals surface area contributed by atoms with E-state index < -0.39 is 49.6 Å². The van der Waals surface area contributed by atoms with Gasteiger partial charge < -0.3 is 51.1 Å². The standard InChI is InChI=1S/C24H33NO5.C7H17NO5/c1-5-6-7-8-17-12-20(26)23(19-11-16(4)9-10-18(19)15(2)3)21(13-17)30-24(29)25-14-22(27)28;1-8-2-4(10)6(12)7(13)5(11)3-9/h11-13,18-19,26H,2,5-10,14H2,1,3-4H3,(H,25,29)(H,27,28);4-13H,2-3H2,1H3/t18-,19+;4-,5+,6+,7+/m00/s1. The van der Waals surface area contributed by atoms with Crippen molar-refractivity contribution in [1.29, 1.82) is 0 Å². The van der Waals surface area contributed by atoms with Gasteiger partial charge in [-0.3, -0.25) is 4.79 Å². The van der Waals surface area contributed by atoms with Gasteiger partial charge in [0.05, 0.1) is 12.7 Å². The number of aliphatic carboxylic acids is 1. The molecule has 244 valence electrons. The molecular weight excluding hydrogens is 560 g/mol. The molecule has 2 rings (SSSR count). The molecule has 0 aromatic heterocycles. The Balaban J connectivity index is 0.000000599. The third kappa shape index (κ3) is 12.6. The Bertz CT molecular complexity index is 1080. The maximum atomic E-state index is 12.2. The van der Waals surface area contributed by atoms with Crippen molar-refractivity contribution in [3.05, 3.63) is 47.1 Å². The molecule has 0 aliphatic heterocycles. The predicted molar refractivity (Wildman–Crippen MR) is 162 cm³/mol. The van der Waals surface area contributed by atoms with Crippen molar-refractivity contribution < 1.29 is 50.1 Å². The van der Waals surface area contributed by atoms with Crippen LogP contribution >= 0.6 is 0 Å². The second kappa shape index (κ2) is 19.3. The van der Waals surface area contributed by atoms with Crippen LogP contribution in [-0.4, -0.2) is 99.0 Å². The van der Waals surface area contributed by atoms with E-state index in [1.807, 2.05) is 6.92 Å². The summed E-state index contributed by atoms with van der Waals surface area (Å²) in [6.07, 6.45) is 1.35. The number of ether oxygens (including phenoxy) is 1. The highest BCUT2D eigenvalue weighted by molar-refractivity contribution is 5.78. The quantitative estimate of drug-likeness (QED) is 0.104. The number of allylic oxidation sites excluding steroid dienone is 3. The number of aryl methyl sites for hydroxylation is 1. The van der Waals surface area contributed by atoms with Gasteiger partial charge >= 0.3 is 12.1 Å². The fourth-order valence-electron chi connectivity index (χ4n) is 4.89. The summed E-state index contributed by atoms with van der Waals surface area (Å²) >= 11 is 0. The summed E-state index contributed by atoms with van der Waals surface area (Å²) in [5.74, 6) is -0.839. The lowest BCUT2D eigenvalue weighted by molar-refractivity contribution is -0.135. The largest absolute Gasteiger partial charge is 0.507 e. The minimum absolute atomic E-state index is 0.0900. The minimum atomic E-state index is -1.55. The van der Waals surface area contributed by atoms with Gasteiger partial charge in [0.2, 0.25) is 0 Å². The molecule has 43 heavy (non-hydrogen) atoms. The number of carboxylic acids is 1. The van der Waals surface area contributed by atoms with E-state index in [0.29, 0.717) is 5.56 Å². The van der Waals surface area contributed by atoms with Crippen molar-refractivity contribution in [2.75, 3.05) is 26.7 Å². The molecule has 0 radical (unpaired) electrons. The highest BCUT2D eigenvalue weighted by atomic mass is 16.6. The number of carboxylic acid groups (broad SMARTS) is 1. The van der Waals surface area contributed by atoms with Crippen LogP contribution in [0.25, 0.3) is 0 Å². The summed E-state index contributed by atoms with van der Waals surface area (Å²) in [5.41, 5.74) is 3.66. The average Bonchev–Trinajstić information content (AvgIpc) is 2.95. The molecule has 1 aromatic rings. The first kappa shape index (κ1) is 38.0. The Hall–Kier alpha value is -3.00. The number of hydrogen-bond donors (Lipinski definition) is 9. The first-order valence-electron chi connectivity index (χ1n) is 14.6. The number of aliphatic hydroxyl groups excluding tert-OH is 5. The maximum Gasteiger partial charge on any atom is 0.413 e. The molecule has 0 unspecified atom stereocenters. The van der Waals surface area contributed by atoms with Gasteiger partial charge in [-0.05, 0) is 70.2 Å². The molecule has 0 fully saturated rings. The SMILES string of the molecule is C=C(C)[C@@H]1CCC(C)=C[C@H]1c1c(O)cc(CCCCC)cc1OC(=O)NCC(=O)O.CNC[C@H](O)[C@@H](O)[C@H](O)[C@H](O)CO. The monoisotopic (exact) mass is 610 g/mol. The normalized spacial score (nSPS) is 19.1. The van der Waals surface area contributed by atoms with Crippen LogP contribution in [0.1, 0.15) is 69.9 Å². The predicted octanol–water partition coefficient (Wildman–Crippen LogP) is 1.96. The Kier molecular flexibility index (Phi) is 17.1. The number of carbonyl (C=O) groups is 2. The van der Waals surface area contributed by atoms with Crippen molar-refractivity contribution in [3.63, 3.8) is 0 Å². The van der Waals surface area contributed by atoms with Crippen molar-refractivity contribution in [2.45, 2.75) is 89.6 Å². The fraction of sp³-hybridized carbons (Fsp3) is 0.613. The van der Waals surface area contributed by atoms with Gasteiger partial charge in [0, 0.05) is 18.0 Å². The number of carbonyl (C=O) groups excluding carboxylic acids is 1. The highest BCUT2D eigenvalue weighted by Crippen LogP contribution is 2.47. The highest BCUT2D eigenvalue weighted by Gasteiger charge is 2.32. The summed E-state index contributed by atoms with van der Waals surface area (Å²) in [6.45, 7) is 9.17. The van der Waals surface area contributed by atoms with Crippen LogP contribution in [0.15, 0.2) is 35.9 Å². The molecule has 12 heteroatoms. The van der Waals surface area contributed by atoms with Crippen LogP contribution < -0.4 is 15.4 Å². The third-order valence-corrected chi connectivity index (χ3v) is 7.29. The van der Waals surface area contributed by atoms with Gasteiger partial charge in [-0.15, -0.1) is 0 Å². The van der Waals surface area contributed by atoms with Gasteiger partial charge in [-0.25, -0.2) is 4.79 Å². The van der Waals surface area contributed by atoms with Crippen LogP contribution in [0.5, 0.6) is 11.5 Å². The van der Waals surface area contributed by atoms with Crippen LogP contribution in [0.3, 0.4) is 0 Å². The molecule has 6 atom stereocenters. The third-order valence-electron chi connectivity index (χ3n) is 7.29. The maximum absolute atomic E-state index is 12.2. The van der Waals surface area contributed by atoms with Gasteiger partial charge in [0.1, 0.15) is 36.4 Å². The zero-order valence-corrected chi connectivity index (χ0v) is 25.6. The number of phenols is 1. The number of likely N-dealkylation sites (N-methyl/N-ethyl adjacent to an activating group) is 1. The average molecular weight is 611 g/mol. The molecule has 9 N–H and O–H groups in total. The number of benzene rings is 1. The van der Waals surface area contributed by atoms with Crippen LogP contribution in [-0.2, 0) is 11.2 Å². The lowest BCUT2D eigenvalue weighted by Gasteiger charge is -2.32. The molecular formula is C31H50N2O10. The first-order chi connectivity index (χ1) is 20.3. The van der Waals surface area contributed by atoms with E-state index in [2.05, 4.69) is 37.1 Å². The number of aliphatic hydroxyl groups is 5. The second-order valence-electron chi connectivity index (χ2n) is 11.0. The lowest BCUT2D eigenvalue weighted by Crippen LogP contribution is -2.48. The van der Waals surface area contributed by atoms with E-state index in [1.54, 1.807) is 19.2 Å². The Morgan fingerprint density at radius 3 is 2.33 bits per heavy atom. The van der Waals surface area contributed by atoms with E-state index in [9.17, 15) is 19.8 Å². The molecule has 0 saturated carbocycles. The van der Waals surface area contributed by atoms with Crippen LogP contribution in [0, 0.1) is 5.92 Å². The van der Waals surface area contributed by atoms with E-state index >= 15 is 0 Å². The van der Waals surface area contributed by atoms with Crippen LogP contribution in [0.2, 0.25) is 0 Å². The Labute approximate surface area is 253 Å². The summed E-state index contributed by atoms with van der Waals surface area (Å²) in [4.78, 5) is 23.0. The zero-order chi connectivity index (χ0) is 32.7. The van der Waals surface area contributed by atoms with E-state index in [4.69, 9.17) is 30.3 Å². The Morgan fingerprint density at radius 1 is 1.12 bits per heavy atom. The molecule has 1 aliphatic rings. The molecule has 0 bridgehead atoms. The summed E-state index contributed by atoms with van der Waals surface area (Å²) in [7, 11) is 1.57. The lowest BCUT2D eigenvalue weighted by atomic mass is 9.73. The zero-order valence-electron chi connectivity index (χ0n) is 25.6. The van der Waals surface area contributed by atoms with Crippen molar-refractivity contribution >= 4 is 12.1 Å². The summed E-state index contributed by atoms with van der Waals surface area (Å²) < 4.78 is 5.51. The van der Waals surface area contributed by atoms with Crippen molar-refractivity contribution in [3.8, 4) is 11.5 Å². The molecule has 0 heterocycles. The van der Waals surface area contributed by atoms with Crippen molar-refractivity contribution in [2.24, 2.45) is 5.92 Å². The molecule has 1 amide bonds. The number of phenolic OH excluding ortho intramolecular Hbond substituents is 1. The van der Waals surface area contributed by atoms with E-state index in [0.717, 1.165) is 49.7 Å². The molecule has 0 saturated heterocycles. The summed E-state index contributed by atoms with van der Waals surface area (Å²) in [5, 5.41) is 69.4. The molecule has 1 aromatic carbocycles. The second-order valence-corrected chi connectivity index (χ2v) is 11.0. The molecule has 0 spiro atoms. The fourth-order valence-corrected chi connectivity index (χ4v) is 4.89. The van der Waals surface area contributed by atoms with E-state index in [1.165, 1.54) is 5.57 Å². The number of nitrogens with one attached hydrogen (secondary N) is 2. The van der Waals surface area contributed by atoms with Crippen LogP contribution in [0.4, 0.5) is 4.79 Å². The number of unbranched alkanes of at least 4 members (excludes halogenated alkanes) is 2. The smallest absolute Gasteiger partial charge is 0.413 e. The van der Waals surface area contributed by atoms with Gasteiger partial charge in [0.25, 0.3) is 0 Å². The topological polar surface area (TPSA) is 209 Å². The van der Waals surface area contributed by atoms with Gasteiger partial charge in [-0.2, -0.15) is 0 Å². The summed E-state index contributed by atoms with van der Waals surface area (Å²) in [6, 6.07) is 3.54. The van der Waals surface area contributed by atoms with Gasteiger partial charge in [-0.1, -0.05) is 43.6 Å². The minimum Gasteiger partial charge on any atom is -0.507 e. The number of aromatic hydroxyl groups is 1. The van der Waals surface area contributed by atoms with Gasteiger partial charge in [0.15, 0.2) is 0 Å². The molecule has 12 nitrogen and oxygen atoms in total. The molecule has 1 aliphatic carbocycles. The number of rotatable bonds is 15. The van der Waals surface area contributed by atoms with Crippen molar-refractivity contribution in [1.82, 2.24) is 10.6 Å². The Morgan fingerprint density at radius 2 is 1.77 bits per heavy atom. The number of hydrogen-bond acceptors (Lipinski definition) is 10. The number of amides is 1.